The molecule has 2 rings (SSSR count). The number of amides is 1. The largest absolute Gasteiger partial charge is 0.344 e. The molecule has 1 aromatic rings. The number of likely N-dealkylation sites (N-methyl/N-ethyl adjacent to an activating group) is 1. The second-order valence-electron chi connectivity index (χ2n) is 4.99. The van der Waals surface area contributed by atoms with Crippen LogP contribution in [0.3, 0.4) is 0 Å². The summed E-state index contributed by atoms with van der Waals surface area (Å²) >= 11 is 0. The molecule has 0 bridgehead atoms. The monoisotopic (exact) mass is 268 g/mol. The Labute approximate surface area is 111 Å². The molecule has 5 heteroatoms. The Balaban J connectivity index is 1.90. The third-order valence-electron chi connectivity index (χ3n) is 3.42. The quantitative estimate of drug-likeness (QED) is 0.901. The summed E-state index contributed by atoms with van der Waals surface area (Å²) in [7, 11) is 1.74. The zero-order chi connectivity index (χ0) is 13.8. The van der Waals surface area contributed by atoms with Crippen LogP contribution >= 0.6 is 0 Å². The van der Waals surface area contributed by atoms with Gasteiger partial charge in [0.2, 0.25) is 5.91 Å². The molecule has 1 aliphatic heterocycles. The first-order valence-corrected chi connectivity index (χ1v) is 6.47. The smallest absolute Gasteiger partial charge is 0.226 e. The lowest BCUT2D eigenvalue weighted by Gasteiger charge is -2.21. The van der Waals surface area contributed by atoms with Gasteiger partial charge >= 0.3 is 0 Å². The predicted molar refractivity (Wildman–Crippen MR) is 68.7 cm³/mol. The van der Waals surface area contributed by atoms with E-state index in [2.05, 4.69) is 5.32 Å². The molecule has 0 spiro atoms. The van der Waals surface area contributed by atoms with Crippen LogP contribution in [0.15, 0.2) is 18.2 Å². The maximum atomic E-state index is 13.0. The van der Waals surface area contributed by atoms with E-state index in [-0.39, 0.29) is 12.3 Å². The second-order valence-corrected chi connectivity index (χ2v) is 4.99. The van der Waals surface area contributed by atoms with Gasteiger partial charge in [0.15, 0.2) is 11.6 Å². The van der Waals surface area contributed by atoms with Gasteiger partial charge in [-0.2, -0.15) is 0 Å². The summed E-state index contributed by atoms with van der Waals surface area (Å²) in [6.07, 6.45) is 2.30. The third-order valence-corrected chi connectivity index (χ3v) is 3.42. The standard InChI is InChI=1S/C14H18F2N2O/c1-18(9-11-3-2-6-17-11)14(19)8-10-4-5-12(15)13(16)7-10/h4-5,7,11,17H,2-3,6,8-9H2,1H3. The van der Waals surface area contributed by atoms with Crippen LogP contribution in [0.2, 0.25) is 0 Å². The molecule has 1 amide bonds. The van der Waals surface area contributed by atoms with Gasteiger partial charge in [-0.25, -0.2) is 8.78 Å². The number of carbonyl (C=O) groups is 1. The second kappa shape index (κ2) is 6.10. The molecule has 104 valence electrons. The molecule has 1 atom stereocenters. The molecule has 0 saturated carbocycles. The minimum absolute atomic E-state index is 0.0836. The van der Waals surface area contributed by atoms with Crippen molar-refractivity contribution in [1.82, 2.24) is 10.2 Å². The summed E-state index contributed by atoms with van der Waals surface area (Å²) in [5.41, 5.74) is 0.495. The van der Waals surface area contributed by atoms with Crippen LogP contribution in [0.4, 0.5) is 8.78 Å². The molecule has 19 heavy (non-hydrogen) atoms. The topological polar surface area (TPSA) is 32.3 Å². The van der Waals surface area contributed by atoms with E-state index in [1.54, 1.807) is 11.9 Å². The van der Waals surface area contributed by atoms with E-state index in [4.69, 9.17) is 0 Å². The normalized spacial score (nSPS) is 18.6. The fourth-order valence-corrected chi connectivity index (χ4v) is 2.30. The van der Waals surface area contributed by atoms with Crippen LogP contribution in [-0.4, -0.2) is 37.0 Å². The predicted octanol–water partition coefficient (Wildman–Crippen LogP) is 1.72. The number of rotatable bonds is 4. The Morgan fingerprint density at radius 3 is 2.84 bits per heavy atom. The first-order chi connectivity index (χ1) is 9.06. The summed E-state index contributed by atoms with van der Waals surface area (Å²) in [6, 6.07) is 3.92. The summed E-state index contributed by atoms with van der Waals surface area (Å²) in [4.78, 5) is 13.6. The summed E-state index contributed by atoms with van der Waals surface area (Å²) in [6.45, 7) is 1.65. The maximum Gasteiger partial charge on any atom is 0.226 e. The minimum atomic E-state index is -0.912. The highest BCUT2D eigenvalue weighted by molar-refractivity contribution is 5.78. The first kappa shape index (κ1) is 13.9. The van der Waals surface area contributed by atoms with Crippen LogP contribution in [0, 0.1) is 11.6 Å². The van der Waals surface area contributed by atoms with E-state index in [9.17, 15) is 13.6 Å². The molecule has 1 aromatic carbocycles. The maximum absolute atomic E-state index is 13.0. The number of hydrogen-bond acceptors (Lipinski definition) is 2. The van der Waals surface area contributed by atoms with Gasteiger partial charge in [-0.3, -0.25) is 4.79 Å². The van der Waals surface area contributed by atoms with Gasteiger partial charge in [-0.05, 0) is 37.1 Å². The zero-order valence-electron chi connectivity index (χ0n) is 11.0. The third kappa shape index (κ3) is 3.73. The van der Waals surface area contributed by atoms with Crippen molar-refractivity contribution in [1.29, 1.82) is 0 Å². The van der Waals surface area contributed by atoms with Gasteiger partial charge in [0.05, 0.1) is 6.42 Å². The van der Waals surface area contributed by atoms with Crippen LogP contribution in [-0.2, 0) is 11.2 Å². The van der Waals surface area contributed by atoms with E-state index >= 15 is 0 Å². The minimum Gasteiger partial charge on any atom is -0.344 e. The fourth-order valence-electron chi connectivity index (χ4n) is 2.30. The van der Waals surface area contributed by atoms with Gasteiger partial charge in [0, 0.05) is 19.6 Å². The van der Waals surface area contributed by atoms with E-state index in [1.165, 1.54) is 6.07 Å². The van der Waals surface area contributed by atoms with Crippen molar-refractivity contribution >= 4 is 5.91 Å². The molecule has 0 aromatic heterocycles. The Bertz CT molecular complexity index is 459. The molecule has 1 heterocycles. The van der Waals surface area contributed by atoms with Gasteiger partial charge in [-0.15, -0.1) is 0 Å². The molecule has 0 aliphatic carbocycles. The van der Waals surface area contributed by atoms with Gasteiger partial charge < -0.3 is 10.2 Å². The number of hydrogen-bond donors (Lipinski definition) is 1. The molecule has 1 aliphatic rings. The van der Waals surface area contributed by atoms with Crippen molar-refractivity contribution in [3.63, 3.8) is 0 Å². The molecule has 1 saturated heterocycles. The Hall–Kier alpha value is -1.49. The summed E-state index contributed by atoms with van der Waals surface area (Å²) < 4.78 is 25.8. The van der Waals surface area contributed by atoms with E-state index < -0.39 is 11.6 Å². The van der Waals surface area contributed by atoms with Crippen molar-refractivity contribution in [2.75, 3.05) is 20.1 Å². The Morgan fingerprint density at radius 1 is 1.42 bits per heavy atom. The molecule has 1 unspecified atom stereocenters. The highest BCUT2D eigenvalue weighted by Gasteiger charge is 2.19. The van der Waals surface area contributed by atoms with Gasteiger partial charge in [0.25, 0.3) is 0 Å². The Kier molecular flexibility index (Phi) is 4.47. The number of benzene rings is 1. The van der Waals surface area contributed by atoms with Crippen LogP contribution in [0.5, 0.6) is 0 Å². The zero-order valence-corrected chi connectivity index (χ0v) is 11.0. The number of halogens is 2. The van der Waals surface area contributed by atoms with Gasteiger partial charge in [-0.1, -0.05) is 6.07 Å². The van der Waals surface area contributed by atoms with Crippen LogP contribution < -0.4 is 5.32 Å². The van der Waals surface area contributed by atoms with E-state index in [0.29, 0.717) is 18.2 Å². The van der Waals surface area contributed by atoms with Crippen LogP contribution in [0.1, 0.15) is 18.4 Å². The first-order valence-electron chi connectivity index (χ1n) is 6.47. The summed E-state index contributed by atoms with van der Waals surface area (Å²) in [5.74, 6) is -1.88. The van der Waals surface area contributed by atoms with Gasteiger partial charge in [0.1, 0.15) is 0 Å². The van der Waals surface area contributed by atoms with Crippen molar-refractivity contribution in [3.05, 3.63) is 35.4 Å². The molecule has 3 nitrogen and oxygen atoms in total. The van der Waals surface area contributed by atoms with Crippen molar-refractivity contribution < 1.29 is 13.6 Å². The number of carbonyl (C=O) groups excluding carboxylic acids is 1. The highest BCUT2D eigenvalue weighted by atomic mass is 19.2. The molecule has 1 N–H and O–H groups in total. The lowest BCUT2D eigenvalue weighted by molar-refractivity contribution is -0.129. The lowest BCUT2D eigenvalue weighted by Crippen LogP contribution is -2.39. The summed E-state index contributed by atoms with van der Waals surface area (Å²) in [5, 5.41) is 3.32. The lowest BCUT2D eigenvalue weighted by atomic mass is 10.1. The molecular weight excluding hydrogens is 250 g/mol. The average Bonchev–Trinajstić information content (AvgIpc) is 2.86. The average molecular weight is 268 g/mol. The molecular formula is C14H18F2N2O. The van der Waals surface area contributed by atoms with E-state index in [0.717, 1.165) is 31.5 Å². The molecule has 1 fully saturated rings. The van der Waals surface area contributed by atoms with E-state index in [1.807, 2.05) is 0 Å². The fraction of sp³-hybridized carbons (Fsp3) is 0.500. The number of nitrogens with zero attached hydrogens (tertiary/aromatic N) is 1. The SMILES string of the molecule is CN(CC1CCCN1)C(=O)Cc1ccc(F)c(F)c1. The highest BCUT2D eigenvalue weighted by Crippen LogP contribution is 2.11. The van der Waals surface area contributed by atoms with Crippen molar-refractivity contribution in [2.24, 2.45) is 0 Å². The Morgan fingerprint density at radius 2 is 2.21 bits per heavy atom. The van der Waals surface area contributed by atoms with Crippen molar-refractivity contribution in [3.8, 4) is 0 Å². The van der Waals surface area contributed by atoms with Crippen LogP contribution in [0.25, 0.3) is 0 Å². The van der Waals surface area contributed by atoms with Crippen molar-refractivity contribution in [2.45, 2.75) is 25.3 Å². The number of nitrogens with one attached hydrogen (secondary N) is 1. The molecule has 0 radical (unpaired) electrons.